The minimum absolute atomic E-state index is 0.0938. The second-order valence-corrected chi connectivity index (χ2v) is 7.15. The summed E-state index contributed by atoms with van der Waals surface area (Å²) in [6, 6.07) is 7.21. The second-order valence-electron chi connectivity index (χ2n) is 7.15. The number of para-hydroxylation sites is 2. The van der Waals surface area contributed by atoms with Crippen LogP contribution in [-0.2, 0) is 4.79 Å². The first kappa shape index (κ1) is 19.5. The number of urea groups is 1. The normalized spacial score (nSPS) is 19.2. The Morgan fingerprint density at radius 3 is 2.44 bits per heavy atom. The lowest BCUT2D eigenvalue weighted by molar-refractivity contribution is -0.125. The van der Waals surface area contributed by atoms with E-state index in [4.69, 9.17) is 9.47 Å². The summed E-state index contributed by atoms with van der Waals surface area (Å²) in [5.74, 6) is 1.27. The average Bonchev–Trinajstić information content (AvgIpc) is 3.47. The van der Waals surface area contributed by atoms with Crippen LogP contribution in [0.1, 0.15) is 39.5 Å². The summed E-state index contributed by atoms with van der Waals surface area (Å²) in [6.45, 7) is 5.89. The molecule has 7 nitrogen and oxygen atoms in total. The molecule has 27 heavy (non-hydrogen) atoms. The van der Waals surface area contributed by atoms with Crippen molar-refractivity contribution < 1.29 is 19.1 Å². The molecule has 1 aromatic rings. The van der Waals surface area contributed by atoms with Gasteiger partial charge in [-0.1, -0.05) is 12.1 Å². The van der Waals surface area contributed by atoms with Crippen LogP contribution in [0.2, 0.25) is 0 Å². The number of rotatable bonds is 7. The van der Waals surface area contributed by atoms with Crippen LogP contribution >= 0.6 is 0 Å². The maximum absolute atomic E-state index is 12.3. The molecule has 2 fully saturated rings. The highest BCUT2D eigenvalue weighted by Crippen LogP contribution is 2.29. The molecule has 1 aromatic carbocycles. The number of piperidine rings is 1. The number of imide groups is 1. The molecule has 1 saturated heterocycles. The minimum Gasteiger partial charge on any atom is -0.490 e. The average molecular weight is 375 g/mol. The zero-order chi connectivity index (χ0) is 19.2. The number of nitrogens with one attached hydrogen (secondary N) is 2. The molecule has 3 rings (SSSR count). The summed E-state index contributed by atoms with van der Waals surface area (Å²) in [4.78, 5) is 26.1. The zero-order valence-electron chi connectivity index (χ0n) is 16.1. The number of ether oxygens (including phenoxy) is 2. The van der Waals surface area contributed by atoms with Crippen LogP contribution in [0.5, 0.6) is 11.5 Å². The first-order valence-electron chi connectivity index (χ1n) is 9.80. The van der Waals surface area contributed by atoms with E-state index in [1.807, 2.05) is 38.1 Å². The van der Waals surface area contributed by atoms with Gasteiger partial charge in [-0.3, -0.25) is 15.0 Å². The van der Waals surface area contributed by atoms with Gasteiger partial charge in [0.05, 0.1) is 12.6 Å². The van der Waals surface area contributed by atoms with Gasteiger partial charge in [0, 0.05) is 19.1 Å². The molecule has 1 aliphatic heterocycles. The predicted molar refractivity (Wildman–Crippen MR) is 102 cm³/mol. The fraction of sp³-hybridized carbons (Fsp3) is 0.600. The lowest BCUT2D eigenvalue weighted by Gasteiger charge is -2.35. The quantitative estimate of drug-likeness (QED) is 0.764. The number of hydrogen-bond donors (Lipinski definition) is 2. The van der Waals surface area contributed by atoms with Gasteiger partial charge in [0.2, 0.25) is 5.91 Å². The van der Waals surface area contributed by atoms with Crippen molar-refractivity contribution in [1.82, 2.24) is 15.5 Å². The van der Waals surface area contributed by atoms with E-state index in [0.29, 0.717) is 6.61 Å². The van der Waals surface area contributed by atoms with E-state index in [0.717, 1.165) is 50.3 Å². The van der Waals surface area contributed by atoms with Crippen molar-refractivity contribution >= 4 is 11.9 Å². The van der Waals surface area contributed by atoms with Gasteiger partial charge in [-0.2, -0.15) is 0 Å². The Balaban J connectivity index is 1.45. The number of benzene rings is 1. The van der Waals surface area contributed by atoms with Gasteiger partial charge in [-0.05, 0) is 51.7 Å². The zero-order valence-corrected chi connectivity index (χ0v) is 16.1. The van der Waals surface area contributed by atoms with Crippen molar-refractivity contribution in [2.75, 3.05) is 19.7 Å². The van der Waals surface area contributed by atoms with Crippen molar-refractivity contribution in [1.29, 1.82) is 0 Å². The third kappa shape index (κ3) is 5.60. The lowest BCUT2D eigenvalue weighted by Crippen LogP contribution is -2.52. The largest absolute Gasteiger partial charge is 0.490 e. The van der Waals surface area contributed by atoms with E-state index in [1.54, 1.807) is 0 Å². The maximum atomic E-state index is 12.3. The Morgan fingerprint density at radius 1 is 1.15 bits per heavy atom. The maximum Gasteiger partial charge on any atom is 0.321 e. The fourth-order valence-electron chi connectivity index (χ4n) is 3.21. The molecule has 1 saturated carbocycles. The third-order valence-corrected chi connectivity index (χ3v) is 5.00. The van der Waals surface area contributed by atoms with E-state index in [1.165, 1.54) is 0 Å². The highest BCUT2D eigenvalue weighted by molar-refractivity contribution is 5.97. The Bertz CT molecular complexity index is 654. The predicted octanol–water partition coefficient (Wildman–Crippen LogP) is 2.31. The Morgan fingerprint density at radius 2 is 1.81 bits per heavy atom. The van der Waals surface area contributed by atoms with Crippen molar-refractivity contribution in [2.45, 2.75) is 57.7 Å². The van der Waals surface area contributed by atoms with Crippen LogP contribution in [0.3, 0.4) is 0 Å². The van der Waals surface area contributed by atoms with Gasteiger partial charge in [0.15, 0.2) is 11.5 Å². The van der Waals surface area contributed by atoms with Crippen LogP contribution in [0.4, 0.5) is 4.79 Å². The van der Waals surface area contributed by atoms with Crippen LogP contribution in [-0.4, -0.2) is 54.7 Å². The van der Waals surface area contributed by atoms with Gasteiger partial charge in [-0.15, -0.1) is 0 Å². The Hall–Kier alpha value is -2.28. The van der Waals surface area contributed by atoms with Crippen molar-refractivity contribution in [3.63, 3.8) is 0 Å². The van der Waals surface area contributed by atoms with Crippen molar-refractivity contribution in [2.24, 2.45) is 0 Å². The summed E-state index contributed by atoms with van der Waals surface area (Å²) in [6.07, 6.45) is 3.74. The minimum atomic E-state index is -0.389. The Kier molecular flexibility index (Phi) is 6.55. The van der Waals surface area contributed by atoms with Crippen LogP contribution in [0.25, 0.3) is 0 Å². The number of amides is 3. The third-order valence-electron chi connectivity index (χ3n) is 5.00. The first-order valence-corrected chi connectivity index (χ1v) is 9.80. The molecule has 2 N–H and O–H groups in total. The van der Waals surface area contributed by atoms with E-state index in [2.05, 4.69) is 15.5 Å². The van der Waals surface area contributed by atoms with Gasteiger partial charge in [-0.25, -0.2) is 4.79 Å². The molecule has 0 aromatic heterocycles. The molecule has 148 valence electrons. The van der Waals surface area contributed by atoms with Gasteiger partial charge in [0.1, 0.15) is 6.10 Å². The number of carbonyl (C=O) groups excluding carboxylic acids is 2. The lowest BCUT2D eigenvalue weighted by atomic mass is 10.1. The number of nitrogens with zero attached hydrogens (tertiary/aromatic N) is 1. The van der Waals surface area contributed by atoms with Crippen LogP contribution < -0.4 is 20.1 Å². The van der Waals surface area contributed by atoms with Crippen molar-refractivity contribution in [3.05, 3.63) is 24.3 Å². The number of likely N-dealkylation sites (tertiary alicyclic amines) is 1. The topological polar surface area (TPSA) is 79.9 Å². The summed E-state index contributed by atoms with van der Waals surface area (Å²) >= 11 is 0. The second kappa shape index (κ2) is 9.08. The van der Waals surface area contributed by atoms with E-state index >= 15 is 0 Å². The molecule has 1 heterocycles. The highest BCUT2D eigenvalue weighted by atomic mass is 16.5. The van der Waals surface area contributed by atoms with Crippen LogP contribution in [0, 0.1) is 0 Å². The van der Waals surface area contributed by atoms with Gasteiger partial charge >= 0.3 is 6.03 Å². The molecule has 2 aliphatic rings. The van der Waals surface area contributed by atoms with Crippen LogP contribution in [0.15, 0.2) is 24.3 Å². The van der Waals surface area contributed by atoms with Crippen molar-refractivity contribution in [3.8, 4) is 11.5 Å². The monoisotopic (exact) mass is 375 g/mol. The summed E-state index contributed by atoms with van der Waals surface area (Å²) < 4.78 is 11.7. The Labute approximate surface area is 160 Å². The van der Waals surface area contributed by atoms with Gasteiger partial charge in [0.25, 0.3) is 0 Å². The molecule has 1 aliphatic carbocycles. The molecule has 1 unspecified atom stereocenters. The summed E-state index contributed by atoms with van der Waals surface area (Å²) in [5.41, 5.74) is 0. The SMILES string of the molecule is CCOc1ccccc1OC1CCN(C(C)C(=O)NC(=O)NC2CC2)CC1. The van der Waals surface area contributed by atoms with E-state index in [-0.39, 0.29) is 30.1 Å². The van der Waals surface area contributed by atoms with Gasteiger partial charge < -0.3 is 14.8 Å². The standard InChI is InChI=1S/C20H29N3O4/c1-3-26-17-6-4-5-7-18(17)27-16-10-12-23(13-11-16)14(2)19(24)22-20(25)21-15-8-9-15/h4-7,14-16H,3,8-13H2,1-2H3,(H2,21,22,24,25). The molecule has 7 heteroatoms. The van der Waals surface area contributed by atoms with E-state index in [9.17, 15) is 9.59 Å². The molecule has 1 atom stereocenters. The molecular formula is C20H29N3O4. The van der Waals surface area contributed by atoms with E-state index < -0.39 is 0 Å². The first-order chi connectivity index (χ1) is 13.1. The number of hydrogen-bond acceptors (Lipinski definition) is 5. The molecule has 0 bridgehead atoms. The highest BCUT2D eigenvalue weighted by Gasteiger charge is 2.30. The fourth-order valence-corrected chi connectivity index (χ4v) is 3.21. The summed E-state index contributed by atoms with van der Waals surface area (Å²) in [7, 11) is 0. The summed E-state index contributed by atoms with van der Waals surface area (Å²) in [5, 5.41) is 5.21. The molecule has 3 amide bonds. The molecule has 0 spiro atoms. The smallest absolute Gasteiger partial charge is 0.321 e. The molecule has 0 radical (unpaired) electrons. The number of carbonyl (C=O) groups is 2. The molecular weight excluding hydrogens is 346 g/mol.